The van der Waals surface area contributed by atoms with Crippen molar-refractivity contribution in [1.82, 2.24) is 9.88 Å². The molecule has 0 bridgehead atoms. The zero-order chi connectivity index (χ0) is 16.4. The number of aryl methyl sites for hydroxylation is 1. The van der Waals surface area contributed by atoms with Gasteiger partial charge in [0.15, 0.2) is 5.58 Å². The molecule has 7 nitrogen and oxygen atoms in total. The number of hydrogen-bond donors (Lipinski definition) is 2. The highest BCUT2D eigenvalue weighted by Crippen LogP contribution is 2.31. The van der Waals surface area contributed by atoms with E-state index < -0.39 is 11.2 Å². The van der Waals surface area contributed by atoms with Crippen LogP contribution in [0.5, 0.6) is 0 Å². The van der Waals surface area contributed by atoms with Crippen LogP contribution in [0.25, 0.3) is 11.1 Å². The summed E-state index contributed by atoms with van der Waals surface area (Å²) in [5.74, 6) is -0.476. The highest BCUT2D eigenvalue weighted by Gasteiger charge is 2.39. The van der Waals surface area contributed by atoms with E-state index in [0.29, 0.717) is 23.4 Å². The molecule has 0 saturated carbocycles. The van der Waals surface area contributed by atoms with Gasteiger partial charge in [-0.3, -0.25) is 9.36 Å². The fraction of sp³-hybridized carbons (Fsp3) is 0.500. The van der Waals surface area contributed by atoms with Crippen LogP contribution < -0.4 is 16.4 Å². The lowest BCUT2D eigenvalue weighted by atomic mass is 9.78. The number of benzene rings is 1. The standard InChI is InChI=1S/C16H21N3O4/c1-19-12-4-3-11(9-13(12)23-15(19)21)18-14(20)16(10-22-2)5-7-17-8-6-16/h3-4,9,17H,5-8,10H2,1-2H3,(H,18,20). The third-order valence-corrected chi connectivity index (χ3v) is 4.51. The predicted octanol–water partition coefficient (Wildman–Crippen LogP) is 1.09. The molecular weight excluding hydrogens is 298 g/mol. The van der Waals surface area contributed by atoms with E-state index >= 15 is 0 Å². The van der Waals surface area contributed by atoms with Gasteiger partial charge in [0.05, 0.1) is 17.5 Å². The number of aromatic nitrogens is 1. The maximum absolute atomic E-state index is 12.8. The van der Waals surface area contributed by atoms with Crippen LogP contribution in [-0.4, -0.2) is 37.3 Å². The Balaban J connectivity index is 1.85. The van der Waals surface area contributed by atoms with Gasteiger partial charge in [-0.25, -0.2) is 4.79 Å². The first kappa shape index (κ1) is 15.8. The molecule has 1 aliphatic rings. The summed E-state index contributed by atoms with van der Waals surface area (Å²) in [6.07, 6.45) is 1.46. The number of carbonyl (C=O) groups is 1. The Labute approximate surface area is 133 Å². The largest absolute Gasteiger partial charge is 0.419 e. The first-order valence-electron chi connectivity index (χ1n) is 7.66. The Kier molecular flexibility index (Phi) is 4.23. The molecule has 1 aliphatic heterocycles. The lowest BCUT2D eigenvalue weighted by Crippen LogP contribution is -2.47. The number of nitrogens with one attached hydrogen (secondary N) is 2. The summed E-state index contributed by atoms with van der Waals surface area (Å²) < 4.78 is 11.9. The Morgan fingerprint density at radius 3 is 2.87 bits per heavy atom. The van der Waals surface area contributed by atoms with E-state index in [4.69, 9.17) is 9.15 Å². The summed E-state index contributed by atoms with van der Waals surface area (Å²) in [6, 6.07) is 5.22. The van der Waals surface area contributed by atoms with Gasteiger partial charge >= 0.3 is 5.76 Å². The number of carbonyl (C=O) groups excluding carboxylic acids is 1. The van der Waals surface area contributed by atoms with E-state index in [9.17, 15) is 9.59 Å². The van der Waals surface area contributed by atoms with E-state index in [1.165, 1.54) is 4.57 Å². The normalized spacial score (nSPS) is 17.3. The Morgan fingerprint density at radius 1 is 1.43 bits per heavy atom. The topological polar surface area (TPSA) is 85.5 Å². The van der Waals surface area contributed by atoms with Crippen LogP contribution in [0, 0.1) is 5.41 Å². The van der Waals surface area contributed by atoms with Crippen LogP contribution in [-0.2, 0) is 16.6 Å². The molecule has 1 aromatic heterocycles. The minimum absolute atomic E-state index is 0.0570. The van der Waals surface area contributed by atoms with E-state index in [0.717, 1.165) is 25.9 Å². The Morgan fingerprint density at radius 2 is 2.17 bits per heavy atom. The molecule has 0 aliphatic carbocycles. The zero-order valence-electron chi connectivity index (χ0n) is 13.3. The smallest absolute Gasteiger partial charge is 0.408 e. The summed E-state index contributed by atoms with van der Waals surface area (Å²) in [7, 11) is 3.26. The molecule has 124 valence electrons. The molecule has 23 heavy (non-hydrogen) atoms. The van der Waals surface area contributed by atoms with Gasteiger partial charge in [-0.1, -0.05) is 0 Å². The summed E-state index contributed by atoms with van der Waals surface area (Å²) in [5, 5.41) is 6.20. The molecule has 1 aromatic carbocycles. The van der Waals surface area contributed by atoms with Crippen LogP contribution in [0.3, 0.4) is 0 Å². The molecule has 2 aromatic rings. The molecule has 0 spiro atoms. The molecule has 1 amide bonds. The number of hydrogen-bond acceptors (Lipinski definition) is 5. The zero-order valence-corrected chi connectivity index (χ0v) is 13.3. The van der Waals surface area contributed by atoms with E-state index in [-0.39, 0.29) is 5.91 Å². The van der Waals surface area contributed by atoms with E-state index in [2.05, 4.69) is 10.6 Å². The van der Waals surface area contributed by atoms with Crippen molar-refractivity contribution >= 4 is 22.7 Å². The minimum Gasteiger partial charge on any atom is -0.408 e. The van der Waals surface area contributed by atoms with Gasteiger partial charge in [-0.2, -0.15) is 0 Å². The number of rotatable bonds is 4. The lowest BCUT2D eigenvalue weighted by molar-refractivity contribution is -0.130. The minimum atomic E-state index is -0.521. The fourth-order valence-corrected chi connectivity index (χ4v) is 3.09. The second kappa shape index (κ2) is 6.17. The van der Waals surface area contributed by atoms with Crippen molar-refractivity contribution in [1.29, 1.82) is 0 Å². The molecular formula is C16H21N3O4. The van der Waals surface area contributed by atoms with Crippen molar-refractivity contribution in [2.75, 3.05) is 32.1 Å². The number of ether oxygens (including phenoxy) is 1. The third-order valence-electron chi connectivity index (χ3n) is 4.51. The molecule has 1 saturated heterocycles. The third kappa shape index (κ3) is 2.89. The first-order valence-corrected chi connectivity index (χ1v) is 7.66. The average Bonchev–Trinajstić information content (AvgIpc) is 2.83. The van der Waals surface area contributed by atoms with E-state index in [1.54, 1.807) is 32.4 Å². The SMILES string of the molecule is COCC1(C(=O)Nc2ccc3c(c2)oc(=O)n3C)CCNCC1. The van der Waals surface area contributed by atoms with E-state index in [1.807, 2.05) is 0 Å². The fourth-order valence-electron chi connectivity index (χ4n) is 3.09. The molecule has 0 atom stereocenters. The number of piperidine rings is 1. The molecule has 7 heteroatoms. The molecule has 1 fully saturated rings. The second-order valence-electron chi connectivity index (χ2n) is 6.03. The number of anilines is 1. The number of oxazole rings is 1. The number of fused-ring (bicyclic) bond motifs is 1. The van der Waals surface area contributed by atoms with Crippen molar-refractivity contribution < 1.29 is 13.9 Å². The highest BCUT2D eigenvalue weighted by atomic mass is 16.5. The number of nitrogens with zero attached hydrogens (tertiary/aromatic N) is 1. The van der Waals surface area contributed by atoms with Crippen molar-refractivity contribution in [2.24, 2.45) is 12.5 Å². The van der Waals surface area contributed by atoms with Gasteiger partial charge in [0, 0.05) is 25.9 Å². The maximum atomic E-state index is 12.8. The summed E-state index contributed by atoms with van der Waals surface area (Å²) in [6.45, 7) is 1.98. The summed E-state index contributed by atoms with van der Waals surface area (Å²) in [4.78, 5) is 24.3. The predicted molar refractivity (Wildman–Crippen MR) is 86.5 cm³/mol. The quantitative estimate of drug-likeness (QED) is 0.881. The summed E-state index contributed by atoms with van der Waals surface area (Å²) >= 11 is 0. The second-order valence-corrected chi connectivity index (χ2v) is 6.03. The lowest BCUT2D eigenvalue weighted by Gasteiger charge is -2.35. The molecule has 2 N–H and O–H groups in total. The number of methoxy groups -OCH3 is 1. The van der Waals surface area contributed by atoms with Crippen molar-refractivity contribution in [2.45, 2.75) is 12.8 Å². The Hall–Kier alpha value is -2.12. The highest BCUT2D eigenvalue weighted by molar-refractivity contribution is 5.96. The number of amides is 1. The molecule has 0 radical (unpaired) electrons. The molecule has 2 heterocycles. The van der Waals surface area contributed by atoms with Crippen molar-refractivity contribution in [3.8, 4) is 0 Å². The van der Waals surface area contributed by atoms with Crippen LogP contribution in [0.4, 0.5) is 5.69 Å². The van der Waals surface area contributed by atoms with Crippen LogP contribution in [0.2, 0.25) is 0 Å². The van der Waals surface area contributed by atoms with Gasteiger partial charge in [0.2, 0.25) is 5.91 Å². The Bertz CT molecular complexity index is 766. The maximum Gasteiger partial charge on any atom is 0.419 e. The van der Waals surface area contributed by atoms with Gasteiger partial charge in [0.25, 0.3) is 0 Å². The van der Waals surface area contributed by atoms with Gasteiger partial charge in [-0.15, -0.1) is 0 Å². The van der Waals surface area contributed by atoms with Gasteiger partial charge in [-0.05, 0) is 38.1 Å². The monoisotopic (exact) mass is 319 g/mol. The van der Waals surface area contributed by atoms with Crippen molar-refractivity contribution in [3.63, 3.8) is 0 Å². The van der Waals surface area contributed by atoms with Gasteiger partial charge in [0.1, 0.15) is 0 Å². The molecule has 0 unspecified atom stereocenters. The van der Waals surface area contributed by atoms with Crippen molar-refractivity contribution in [3.05, 3.63) is 28.7 Å². The van der Waals surface area contributed by atoms with Crippen LogP contribution in [0.15, 0.2) is 27.4 Å². The first-order chi connectivity index (χ1) is 11.1. The summed E-state index contributed by atoms with van der Waals surface area (Å²) in [5.41, 5.74) is 1.25. The average molecular weight is 319 g/mol. The van der Waals surface area contributed by atoms with Crippen LogP contribution in [0.1, 0.15) is 12.8 Å². The van der Waals surface area contributed by atoms with Crippen LogP contribution >= 0.6 is 0 Å². The molecule has 3 rings (SSSR count). The van der Waals surface area contributed by atoms with Gasteiger partial charge < -0.3 is 19.8 Å².